The molecule has 0 aromatic heterocycles. The van der Waals surface area contributed by atoms with Crippen molar-refractivity contribution in [2.45, 2.75) is 18.4 Å². The Hall–Kier alpha value is -1.32. The molecule has 0 saturated carbocycles. The van der Waals surface area contributed by atoms with Gasteiger partial charge in [-0.2, -0.15) is 11.8 Å². The molecule has 0 aliphatic heterocycles. The maximum absolute atomic E-state index is 5.65. The standard InChI is InChI=1S/C16H17NS2/c1-12-5-2-3-7-15(12)11-19-10-13-6-4-8-14(9-13)16(17)18/h2-9H,10-11H2,1H3,(H2,17,18). The van der Waals surface area contributed by atoms with E-state index in [1.54, 1.807) is 0 Å². The fraction of sp³-hybridized carbons (Fsp3) is 0.188. The Morgan fingerprint density at radius 3 is 2.63 bits per heavy atom. The number of nitrogens with two attached hydrogens (primary N) is 1. The molecule has 0 fully saturated rings. The molecule has 0 spiro atoms. The molecule has 0 atom stereocenters. The van der Waals surface area contributed by atoms with E-state index in [1.165, 1.54) is 16.7 Å². The van der Waals surface area contributed by atoms with Crippen LogP contribution in [0.25, 0.3) is 0 Å². The van der Waals surface area contributed by atoms with E-state index < -0.39 is 0 Å². The van der Waals surface area contributed by atoms with Gasteiger partial charge < -0.3 is 5.73 Å². The minimum Gasteiger partial charge on any atom is -0.389 e. The molecule has 2 aromatic carbocycles. The first-order valence-electron chi connectivity index (χ1n) is 6.18. The fourth-order valence-electron chi connectivity index (χ4n) is 1.87. The van der Waals surface area contributed by atoms with Gasteiger partial charge in [0.15, 0.2) is 0 Å². The largest absolute Gasteiger partial charge is 0.389 e. The van der Waals surface area contributed by atoms with Gasteiger partial charge in [0.05, 0.1) is 0 Å². The Kier molecular flexibility index (Phi) is 5.00. The number of hydrogen-bond donors (Lipinski definition) is 1. The molecule has 2 aromatic rings. The minimum atomic E-state index is 0.464. The molecule has 0 heterocycles. The van der Waals surface area contributed by atoms with Crippen LogP contribution in [0.5, 0.6) is 0 Å². The maximum Gasteiger partial charge on any atom is 0.103 e. The van der Waals surface area contributed by atoms with Gasteiger partial charge in [0, 0.05) is 17.1 Å². The smallest absolute Gasteiger partial charge is 0.103 e. The molecule has 2 N–H and O–H groups in total. The third-order valence-corrected chi connectivity index (χ3v) is 4.29. The topological polar surface area (TPSA) is 26.0 Å². The molecular formula is C16H17NS2. The Morgan fingerprint density at radius 2 is 1.89 bits per heavy atom. The van der Waals surface area contributed by atoms with Crippen LogP contribution in [0.3, 0.4) is 0 Å². The highest BCUT2D eigenvalue weighted by Crippen LogP contribution is 2.20. The van der Waals surface area contributed by atoms with E-state index >= 15 is 0 Å². The van der Waals surface area contributed by atoms with Crippen molar-refractivity contribution in [2.75, 3.05) is 0 Å². The highest BCUT2D eigenvalue weighted by atomic mass is 32.2. The van der Waals surface area contributed by atoms with Gasteiger partial charge in [0.2, 0.25) is 0 Å². The van der Waals surface area contributed by atoms with Crippen molar-refractivity contribution >= 4 is 29.0 Å². The third kappa shape index (κ3) is 4.08. The Morgan fingerprint density at radius 1 is 1.11 bits per heavy atom. The second kappa shape index (κ2) is 6.73. The zero-order valence-electron chi connectivity index (χ0n) is 10.9. The van der Waals surface area contributed by atoms with Crippen molar-refractivity contribution in [3.63, 3.8) is 0 Å². The highest BCUT2D eigenvalue weighted by Gasteiger charge is 2.01. The van der Waals surface area contributed by atoms with Gasteiger partial charge in [-0.15, -0.1) is 0 Å². The maximum atomic E-state index is 5.65. The summed E-state index contributed by atoms with van der Waals surface area (Å²) in [5, 5.41) is 0. The lowest BCUT2D eigenvalue weighted by molar-refractivity contribution is 1.29. The van der Waals surface area contributed by atoms with Crippen LogP contribution in [0, 0.1) is 6.92 Å². The van der Waals surface area contributed by atoms with Crippen LogP contribution in [-0.4, -0.2) is 4.99 Å². The summed E-state index contributed by atoms with van der Waals surface area (Å²) >= 11 is 6.91. The van der Waals surface area contributed by atoms with E-state index in [0.29, 0.717) is 4.99 Å². The first-order chi connectivity index (χ1) is 9.16. The lowest BCUT2D eigenvalue weighted by Gasteiger charge is -2.06. The Bertz CT molecular complexity index is 578. The van der Waals surface area contributed by atoms with Gasteiger partial charge in [-0.1, -0.05) is 54.7 Å². The van der Waals surface area contributed by atoms with Crippen LogP contribution < -0.4 is 5.73 Å². The monoisotopic (exact) mass is 287 g/mol. The van der Waals surface area contributed by atoms with Crippen molar-refractivity contribution in [3.8, 4) is 0 Å². The normalized spacial score (nSPS) is 10.4. The third-order valence-electron chi connectivity index (χ3n) is 3.00. The molecule has 2 rings (SSSR count). The summed E-state index contributed by atoms with van der Waals surface area (Å²) in [4.78, 5) is 0.464. The Labute approximate surface area is 124 Å². The van der Waals surface area contributed by atoms with Crippen LogP contribution >= 0.6 is 24.0 Å². The summed E-state index contributed by atoms with van der Waals surface area (Å²) in [5.41, 5.74) is 10.6. The predicted molar refractivity (Wildman–Crippen MR) is 88.5 cm³/mol. The van der Waals surface area contributed by atoms with E-state index in [1.807, 2.05) is 23.9 Å². The summed E-state index contributed by atoms with van der Waals surface area (Å²) < 4.78 is 0. The first kappa shape index (κ1) is 14.1. The summed E-state index contributed by atoms with van der Waals surface area (Å²) in [6.45, 7) is 2.16. The summed E-state index contributed by atoms with van der Waals surface area (Å²) in [6.07, 6.45) is 0. The van der Waals surface area contributed by atoms with Gasteiger partial charge in [-0.25, -0.2) is 0 Å². The van der Waals surface area contributed by atoms with Crippen molar-refractivity contribution in [1.82, 2.24) is 0 Å². The minimum absolute atomic E-state index is 0.464. The van der Waals surface area contributed by atoms with Gasteiger partial charge in [0.1, 0.15) is 4.99 Å². The molecular weight excluding hydrogens is 270 g/mol. The van der Waals surface area contributed by atoms with E-state index in [-0.39, 0.29) is 0 Å². The quantitative estimate of drug-likeness (QED) is 0.840. The lowest BCUT2D eigenvalue weighted by Crippen LogP contribution is -2.09. The van der Waals surface area contributed by atoms with E-state index in [2.05, 4.69) is 43.3 Å². The molecule has 0 unspecified atom stereocenters. The summed E-state index contributed by atoms with van der Waals surface area (Å²) in [7, 11) is 0. The van der Waals surface area contributed by atoms with Gasteiger partial charge in [0.25, 0.3) is 0 Å². The number of thiocarbonyl (C=S) groups is 1. The molecule has 0 amide bonds. The molecule has 0 aliphatic rings. The zero-order chi connectivity index (χ0) is 13.7. The average molecular weight is 287 g/mol. The molecule has 0 saturated heterocycles. The van der Waals surface area contributed by atoms with E-state index in [9.17, 15) is 0 Å². The molecule has 3 heteroatoms. The first-order valence-corrected chi connectivity index (χ1v) is 7.74. The number of rotatable bonds is 5. The number of thioether (sulfide) groups is 1. The molecule has 1 nitrogen and oxygen atoms in total. The molecule has 0 bridgehead atoms. The molecule has 0 aliphatic carbocycles. The second-order valence-corrected chi connectivity index (χ2v) is 5.91. The number of aryl methyl sites for hydroxylation is 1. The molecule has 19 heavy (non-hydrogen) atoms. The summed E-state index contributed by atoms with van der Waals surface area (Å²) in [5.74, 6) is 2.01. The SMILES string of the molecule is Cc1ccccc1CSCc1cccc(C(N)=S)c1. The fourth-order valence-corrected chi connectivity index (χ4v) is 3.05. The van der Waals surface area contributed by atoms with Crippen molar-refractivity contribution in [1.29, 1.82) is 0 Å². The Balaban J connectivity index is 1.94. The van der Waals surface area contributed by atoms with E-state index in [0.717, 1.165) is 17.1 Å². The highest BCUT2D eigenvalue weighted by molar-refractivity contribution is 7.97. The molecule has 0 radical (unpaired) electrons. The second-order valence-electron chi connectivity index (χ2n) is 4.48. The van der Waals surface area contributed by atoms with Crippen LogP contribution in [0.4, 0.5) is 0 Å². The summed E-state index contributed by atoms with van der Waals surface area (Å²) in [6, 6.07) is 16.7. The van der Waals surface area contributed by atoms with Crippen molar-refractivity contribution < 1.29 is 0 Å². The molecule has 98 valence electrons. The average Bonchev–Trinajstić information content (AvgIpc) is 2.41. The van der Waals surface area contributed by atoms with Gasteiger partial charge in [-0.05, 0) is 29.7 Å². The van der Waals surface area contributed by atoms with Crippen LogP contribution in [0.1, 0.15) is 22.3 Å². The van der Waals surface area contributed by atoms with Crippen LogP contribution in [0.2, 0.25) is 0 Å². The van der Waals surface area contributed by atoms with Crippen molar-refractivity contribution in [2.24, 2.45) is 5.73 Å². The number of benzene rings is 2. The van der Waals surface area contributed by atoms with Crippen LogP contribution in [0.15, 0.2) is 48.5 Å². The zero-order valence-corrected chi connectivity index (χ0v) is 12.6. The van der Waals surface area contributed by atoms with Gasteiger partial charge in [-0.3, -0.25) is 0 Å². The van der Waals surface area contributed by atoms with E-state index in [4.69, 9.17) is 18.0 Å². The predicted octanol–water partition coefficient (Wildman–Crippen LogP) is 4.06. The number of hydrogen-bond acceptors (Lipinski definition) is 2. The van der Waals surface area contributed by atoms with Crippen LogP contribution in [-0.2, 0) is 11.5 Å². The van der Waals surface area contributed by atoms with Gasteiger partial charge >= 0.3 is 0 Å². The van der Waals surface area contributed by atoms with Crippen molar-refractivity contribution in [3.05, 3.63) is 70.8 Å². The lowest BCUT2D eigenvalue weighted by atomic mass is 10.1.